The molecule has 0 atom stereocenters. The molecule has 18 heavy (non-hydrogen) atoms. The first kappa shape index (κ1) is 10.4. The molecular formula is C14H9N3O. The summed E-state index contributed by atoms with van der Waals surface area (Å²) in [6, 6.07) is 11.0. The van der Waals surface area contributed by atoms with Crippen LogP contribution >= 0.6 is 0 Å². The first-order chi connectivity index (χ1) is 8.78. The molecule has 2 aromatic rings. The van der Waals surface area contributed by atoms with Gasteiger partial charge in [-0.05, 0) is 36.4 Å². The first-order valence-corrected chi connectivity index (χ1v) is 5.49. The minimum absolute atomic E-state index is 0.144. The van der Waals surface area contributed by atoms with Crippen LogP contribution in [-0.2, 0) is 4.79 Å². The highest BCUT2D eigenvalue weighted by molar-refractivity contribution is 6.34. The molecule has 1 aliphatic heterocycles. The van der Waals surface area contributed by atoms with Gasteiger partial charge in [0.1, 0.15) is 0 Å². The van der Waals surface area contributed by atoms with Crippen LogP contribution in [0, 0.1) is 11.3 Å². The standard InChI is InChI=1S/C14H9N3O/c15-8-9-3-4-13-11(6-9)12(14(18)17-13)7-10-2-1-5-16-10/h1-7,16H,(H,17,18). The lowest BCUT2D eigenvalue weighted by atomic mass is 10.0. The molecule has 3 rings (SSSR count). The van der Waals surface area contributed by atoms with E-state index >= 15 is 0 Å². The molecule has 2 N–H and O–H groups in total. The molecule has 0 bridgehead atoms. The number of amides is 1. The number of aromatic amines is 1. The van der Waals surface area contributed by atoms with Gasteiger partial charge in [0.25, 0.3) is 5.91 Å². The molecule has 1 amide bonds. The molecule has 4 heteroatoms. The summed E-state index contributed by atoms with van der Waals surface area (Å²) in [7, 11) is 0. The maximum Gasteiger partial charge on any atom is 0.256 e. The van der Waals surface area contributed by atoms with E-state index < -0.39 is 0 Å². The molecular weight excluding hydrogens is 226 g/mol. The predicted molar refractivity (Wildman–Crippen MR) is 68.5 cm³/mol. The minimum Gasteiger partial charge on any atom is -0.362 e. The predicted octanol–water partition coefficient (Wildman–Crippen LogP) is 2.38. The summed E-state index contributed by atoms with van der Waals surface area (Å²) in [4.78, 5) is 14.9. The quantitative estimate of drug-likeness (QED) is 0.745. The van der Waals surface area contributed by atoms with Crippen molar-refractivity contribution in [2.75, 3.05) is 5.32 Å². The molecule has 1 aromatic carbocycles. The zero-order chi connectivity index (χ0) is 12.5. The van der Waals surface area contributed by atoms with Gasteiger partial charge in [-0.25, -0.2) is 0 Å². The highest BCUT2D eigenvalue weighted by Crippen LogP contribution is 2.33. The fraction of sp³-hybridized carbons (Fsp3) is 0. The number of fused-ring (bicyclic) bond motifs is 1. The van der Waals surface area contributed by atoms with Crippen molar-refractivity contribution in [2.45, 2.75) is 0 Å². The molecule has 86 valence electrons. The molecule has 0 spiro atoms. The molecule has 0 fully saturated rings. The van der Waals surface area contributed by atoms with Crippen LogP contribution in [0.25, 0.3) is 11.6 Å². The molecule has 2 heterocycles. The molecule has 0 saturated heterocycles. The fourth-order valence-corrected chi connectivity index (χ4v) is 1.99. The molecule has 0 radical (unpaired) electrons. The van der Waals surface area contributed by atoms with Gasteiger partial charge in [0.05, 0.1) is 17.2 Å². The highest BCUT2D eigenvalue weighted by atomic mass is 16.2. The van der Waals surface area contributed by atoms with Crippen molar-refractivity contribution in [1.82, 2.24) is 4.98 Å². The van der Waals surface area contributed by atoms with Crippen molar-refractivity contribution in [3.05, 3.63) is 53.3 Å². The monoisotopic (exact) mass is 235 g/mol. The van der Waals surface area contributed by atoms with Gasteiger partial charge in [0.15, 0.2) is 0 Å². The minimum atomic E-state index is -0.144. The van der Waals surface area contributed by atoms with Crippen molar-refractivity contribution in [3.8, 4) is 6.07 Å². The second-order valence-electron chi connectivity index (χ2n) is 4.01. The Morgan fingerprint density at radius 3 is 2.89 bits per heavy atom. The van der Waals surface area contributed by atoms with Gasteiger partial charge in [-0.1, -0.05) is 0 Å². The third kappa shape index (κ3) is 1.59. The zero-order valence-corrected chi connectivity index (χ0v) is 9.40. The highest BCUT2D eigenvalue weighted by Gasteiger charge is 2.24. The second kappa shape index (κ2) is 3.90. The Hall–Kier alpha value is -2.80. The van der Waals surface area contributed by atoms with Crippen molar-refractivity contribution < 1.29 is 4.79 Å². The smallest absolute Gasteiger partial charge is 0.256 e. The van der Waals surface area contributed by atoms with Gasteiger partial charge in [-0.3, -0.25) is 4.79 Å². The largest absolute Gasteiger partial charge is 0.362 e. The maximum atomic E-state index is 11.9. The van der Waals surface area contributed by atoms with Gasteiger partial charge in [-0.2, -0.15) is 5.26 Å². The number of aromatic nitrogens is 1. The van der Waals surface area contributed by atoms with Gasteiger partial charge >= 0.3 is 0 Å². The van der Waals surface area contributed by atoms with Crippen LogP contribution < -0.4 is 5.32 Å². The van der Waals surface area contributed by atoms with Gasteiger partial charge in [0.2, 0.25) is 0 Å². The summed E-state index contributed by atoms with van der Waals surface area (Å²) in [5, 5.41) is 11.7. The van der Waals surface area contributed by atoms with E-state index in [0.717, 1.165) is 16.9 Å². The summed E-state index contributed by atoms with van der Waals surface area (Å²) >= 11 is 0. The van der Waals surface area contributed by atoms with Gasteiger partial charge < -0.3 is 10.3 Å². The Balaban J connectivity index is 2.14. The van der Waals surface area contributed by atoms with Crippen LogP contribution in [-0.4, -0.2) is 10.9 Å². The van der Waals surface area contributed by atoms with Crippen LogP contribution in [0.4, 0.5) is 5.69 Å². The Morgan fingerprint density at radius 2 is 2.17 bits per heavy atom. The number of carbonyl (C=O) groups excluding carboxylic acids is 1. The molecule has 0 saturated carbocycles. The fourth-order valence-electron chi connectivity index (χ4n) is 1.99. The summed E-state index contributed by atoms with van der Waals surface area (Å²) in [6.07, 6.45) is 3.58. The Kier molecular flexibility index (Phi) is 2.24. The molecule has 4 nitrogen and oxygen atoms in total. The molecule has 1 aromatic heterocycles. The normalized spacial score (nSPS) is 15.3. The van der Waals surface area contributed by atoms with E-state index in [9.17, 15) is 4.79 Å². The number of carbonyl (C=O) groups is 1. The summed E-state index contributed by atoms with van der Waals surface area (Å²) in [5.74, 6) is -0.144. The summed E-state index contributed by atoms with van der Waals surface area (Å²) in [5.41, 5.74) is 3.49. The Morgan fingerprint density at radius 1 is 1.28 bits per heavy atom. The van der Waals surface area contributed by atoms with E-state index in [-0.39, 0.29) is 5.91 Å². The number of nitrogens with one attached hydrogen (secondary N) is 2. The van der Waals surface area contributed by atoms with Crippen LogP contribution in [0.3, 0.4) is 0 Å². The number of rotatable bonds is 1. The van der Waals surface area contributed by atoms with Crippen molar-refractivity contribution >= 4 is 23.2 Å². The van der Waals surface area contributed by atoms with Crippen LogP contribution in [0.2, 0.25) is 0 Å². The molecule has 0 aliphatic carbocycles. The van der Waals surface area contributed by atoms with Crippen LogP contribution in [0.15, 0.2) is 36.5 Å². The van der Waals surface area contributed by atoms with E-state index in [2.05, 4.69) is 16.4 Å². The van der Waals surface area contributed by atoms with Gasteiger partial charge in [-0.15, -0.1) is 0 Å². The number of nitrogens with zero attached hydrogens (tertiary/aromatic N) is 1. The number of hydrogen-bond acceptors (Lipinski definition) is 2. The van der Waals surface area contributed by atoms with E-state index in [1.807, 2.05) is 12.1 Å². The van der Waals surface area contributed by atoms with Gasteiger partial charge in [0, 0.05) is 23.1 Å². The summed E-state index contributed by atoms with van der Waals surface area (Å²) in [6.45, 7) is 0. The van der Waals surface area contributed by atoms with Crippen molar-refractivity contribution in [3.63, 3.8) is 0 Å². The molecule has 1 aliphatic rings. The van der Waals surface area contributed by atoms with E-state index in [4.69, 9.17) is 5.26 Å². The average molecular weight is 235 g/mol. The lowest BCUT2D eigenvalue weighted by Crippen LogP contribution is -2.03. The Bertz CT molecular complexity index is 690. The lowest BCUT2D eigenvalue weighted by molar-refractivity contribution is -0.110. The summed E-state index contributed by atoms with van der Waals surface area (Å²) < 4.78 is 0. The van der Waals surface area contributed by atoms with Crippen LogP contribution in [0.1, 0.15) is 16.8 Å². The number of anilines is 1. The lowest BCUT2D eigenvalue weighted by Gasteiger charge is -1.98. The van der Waals surface area contributed by atoms with Crippen molar-refractivity contribution in [2.24, 2.45) is 0 Å². The van der Waals surface area contributed by atoms with E-state index in [1.165, 1.54) is 0 Å². The SMILES string of the molecule is N#Cc1ccc2c(c1)C(=Cc1ccc[nH]1)C(=O)N2. The number of hydrogen-bond donors (Lipinski definition) is 2. The maximum absolute atomic E-state index is 11.9. The first-order valence-electron chi connectivity index (χ1n) is 5.49. The number of benzene rings is 1. The zero-order valence-electron chi connectivity index (χ0n) is 9.40. The topological polar surface area (TPSA) is 68.7 Å². The number of nitriles is 1. The van der Waals surface area contributed by atoms with E-state index in [0.29, 0.717) is 11.1 Å². The number of H-pyrrole nitrogens is 1. The third-order valence-corrected chi connectivity index (χ3v) is 2.85. The Labute approximate surface area is 104 Å². The van der Waals surface area contributed by atoms with E-state index in [1.54, 1.807) is 30.5 Å². The third-order valence-electron chi connectivity index (χ3n) is 2.85. The second-order valence-corrected chi connectivity index (χ2v) is 4.01. The average Bonchev–Trinajstić information content (AvgIpc) is 2.99. The molecule has 0 unspecified atom stereocenters. The van der Waals surface area contributed by atoms with Crippen LogP contribution in [0.5, 0.6) is 0 Å². The van der Waals surface area contributed by atoms with Crippen molar-refractivity contribution in [1.29, 1.82) is 5.26 Å².